The van der Waals surface area contributed by atoms with Crippen LogP contribution < -0.4 is 5.32 Å². The Bertz CT molecular complexity index is 818. The van der Waals surface area contributed by atoms with Gasteiger partial charge in [-0.3, -0.25) is 10.1 Å². The van der Waals surface area contributed by atoms with E-state index in [0.29, 0.717) is 5.56 Å². The van der Waals surface area contributed by atoms with Crippen LogP contribution in [0.3, 0.4) is 0 Å². The van der Waals surface area contributed by atoms with Crippen molar-refractivity contribution < 1.29 is 18.4 Å². The Morgan fingerprint density at radius 1 is 1.23 bits per heavy atom. The van der Waals surface area contributed by atoms with Crippen molar-refractivity contribution in [1.82, 2.24) is 0 Å². The third-order valence-electron chi connectivity index (χ3n) is 2.97. The molecule has 2 N–H and O–H groups in total. The number of nitro benzene ring substituents is 1. The summed E-state index contributed by atoms with van der Waals surface area (Å²) in [6.45, 7) is 0.211. The topological polar surface area (TPSA) is 110 Å². The molecule has 22 heavy (non-hydrogen) atoms. The zero-order valence-corrected chi connectivity index (χ0v) is 12.5. The van der Waals surface area contributed by atoms with E-state index in [-0.39, 0.29) is 22.9 Å². The summed E-state index contributed by atoms with van der Waals surface area (Å²) >= 11 is 0. The maximum absolute atomic E-state index is 11.7. The summed E-state index contributed by atoms with van der Waals surface area (Å²) in [7, 11) is -3.71. The van der Waals surface area contributed by atoms with Gasteiger partial charge in [-0.05, 0) is 29.8 Å². The Labute approximate surface area is 127 Å². The van der Waals surface area contributed by atoms with E-state index in [1.807, 2.05) is 0 Å². The predicted octanol–water partition coefficient (Wildman–Crippen LogP) is 2.32. The van der Waals surface area contributed by atoms with Gasteiger partial charge in [0.05, 0.1) is 4.92 Å². The quantitative estimate of drug-likeness (QED) is 0.646. The second-order valence-corrected chi connectivity index (χ2v) is 6.69. The Morgan fingerprint density at radius 3 is 2.50 bits per heavy atom. The number of nitro groups is 1. The summed E-state index contributed by atoms with van der Waals surface area (Å²) in [5.41, 5.74) is 0.334. The molecule has 0 heterocycles. The average Bonchev–Trinajstić information content (AvgIpc) is 2.43. The first kappa shape index (κ1) is 15.8. The lowest BCUT2D eigenvalue weighted by molar-refractivity contribution is -0.386. The first-order valence-corrected chi connectivity index (χ1v) is 8.17. The number of nitrogens with one attached hydrogen (secondary N) is 1. The molecule has 0 atom stereocenters. The van der Waals surface area contributed by atoms with Gasteiger partial charge in [-0.2, -0.15) is 0 Å². The van der Waals surface area contributed by atoms with Crippen LogP contribution in [0.5, 0.6) is 5.75 Å². The molecule has 2 rings (SSSR count). The molecular weight excluding hydrogens is 308 g/mol. The summed E-state index contributed by atoms with van der Waals surface area (Å²) in [6, 6.07) is 10.5. The molecule has 0 aliphatic carbocycles. The van der Waals surface area contributed by atoms with Gasteiger partial charge in [0.2, 0.25) is 0 Å². The van der Waals surface area contributed by atoms with Crippen LogP contribution in [0, 0.1) is 10.1 Å². The Balaban J connectivity index is 2.37. The molecule has 0 saturated heterocycles. The van der Waals surface area contributed by atoms with E-state index in [1.165, 1.54) is 30.3 Å². The number of aromatic hydroxyl groups is 1. The lowest BCUT2D eigenvalue weighted by Crippen LogP contribution is -2.07. The molecule has 0 aliphatic heterocycles. The van der Waals surface area contributed by atoms with Crippen molar-refractivity contribution in [1.29, 1.82) is 0 Å². The minimum Gasteiger partial charge on any atom is -0.508 e. The van der Waals surface area contributed by atoms with Gasteiger partial charge in [0.15, 0.2) is 9.84 Å². The maximum atomic E-state index is 11.7. The smallest absolute Gasteiger partial charge is 0.310 e. The Kier molecular flexibility index (Phi) is 4.32. The van der Waals surface area contributed by atoms with E-state index in [1.54, 1.807) is 12.1 Å². The number of benzene rings is 2. The van der Waals surface area contributed by atoms with E-state index in [4.69, 9.17) is 0 Å². The van der Waals surface area contributed by atoms with Crippen LogP contribution in [0.2, 0.25) is 0 Å². The second-order valence-electron chi connectivity index (χ2n) is 4.71. The number of sulfone groups is 1. The van der Waals surface area contributed by atoms with Gasteiger partial charge >= 0.3 is 5.69 Å². The standard InChI is InChI=1S/C14H14N2O5S/c1-22(20,21)13-7-3-6-12(14(13)16(18)19)15-9-10-4-2-5-11(17)8-10/h2-8,15,17H,9H2,1H3. The van der Waals surface area contributed by atoms with Crippen LogP contribution in [0.15, 0.2) is 47.4 Å². The van der Waals surface area contributed by atoms with Gasteiger partial charge in [0.1, 0.15) is 16.3 Å². The highest BCUT2D eigenvalue weighted by atomic mass is 32.2. The predicted molar refractivity (Wildman–Crippen MR) is 81.6 cm³/mol. The molecule has 116 valence electrons. The second kappa shape index (κ2) is 6.02. The fraction of sp³-hybridized carbons (Fsp3) is 0.143. The van der Waals surface area contributed by atoms with Crippen LogP contribution in [0.1, 0.15) is 5.56 Å². The molecule has 0 unspecified atom stereocenters. The number of phenols is 1. The molecule has 0 spiro atoms. The van der Waals surface area contributed by atoms with Crippen molar-refractivity contribution in [2.45, 2.75) is 11.4 Å². The maximum Gasteiger partial charge on any atom is 0.310 e. The molecule has 0 aliphatic rings. The Hall–Kier alpha value is -2.61. The monoisotopic (exact) mass is 322 g/mol. The molecule has 0 radical (unpaired) electrons. The summed E-state index contributed by atoms with van der Waals surface area (Å²) in [5, 5.41) is 23.4. The van der Waals surface area contributed by atoms with Crippen LogP contribution in [-0.4, -0.2) is 24.7 Å². The number of rotatable bonds is 5. The molecule has 0 aromatic heterocycles. The largest absolute Gasteiger partial charge is 0.508 e. The summed E-state index contributed by atoms with van der Waals surface area (Å²) < 4.78 is 23.3. The number of para-hydroxylation sites is 1. The normalized spacial score (nSPS) is 11.1. The van der Waals surface area contributed by atoms with Crippen molar-refractivity contribution in [2.75, 3.05) is 11.6 Å². The number of hydrogen-bond acceptors (Lipinski definition) is 6. The molecule has 0 amide bonds. The number of anilines is 1. The van der Waals surface area contributed by atoms with Crippen LogP contribution in [0.4, 0.5) is 11.4 Å². The fourth-order valence-electron chi connectivity index (χ4n) is 2.02. The molecule has 2 aromatic carbocycles. The first-order chi connectivity index (χ1) is 10.3. The molecule has 8 heteroatoms. The zero-order chi connectivity index (χ0) is 16.3. The highest BCUT2D eigenvalue weighted by Gasteiger charge is 2.25. The van der Waals surface area contributed by atoms with E-state index in [9.17, 15) is 23.6 Å². The average molecular weight is 322 g/mol. The molecule has 0 bridgehead atoms. The van der Waals surface area contributed by atoms with Gasteiger partial charge in [0.25, 0.3) is 0 Å². The molecule has 7 nitrogen and oxygen atoms in total. The lowest BCUT2D eigenvalue weighted by Gasteiger charge is -2.09. The number of nitrogens with zero attached hydrogens (tertiary/aromatic N) is 1. The van der Waals surface area contributed by atoms with Gasteiger partial charge in [-0.25, -0.2) is 8.42 Å². The van der Waals surface area contributed by atoms with Crippen molar-refractivity contribution in [2.24, 2.45) is 0 Å². The van der Waals surface area contributed by atoms with Crippen molar-refractivity contribution in [3.05, 3.63) is 58.1 Å². The summed E-state index contributed by atoms with van der Waals surface area (Å²) in [4.78, 5) is 10.2. The van der Waals surface area contributed by atoms with Gasteiger partial charge in [0, 0.05) is 12.8 Å². The summed E-state index contributed by atoms with van der Waals surface area (Å²) in [6.07, 6.45) is 0.925. The Morgan fingerprint density at radius 2 is 1.91 bits per heavy atom. The first-order valence-electron chi connectivity index (χ1n) is 6.28. The van der Waals surface area contributed by atoms with Gasteiger partial charge < -0.3 is 10.4 Å². The van der Waals surface area contributed by atoms with Gasteiger partial charge in [-0.1, -0.05) is 18.2 Å². The molecule has 0 saturated carbocycles. The van der Waals surface area contributed by atoms with E-state index < -0.39 is 20.4 Å². The number of hydrogen-bond donors (Lipinski definition) is 2. The summed E-state index contributed by atoms with van der Waals surface area (Å²) in [5.74, 6) is 0.0821. The van der Waals surface area contributed by atoms with Crippen molar-refractivity contribution in [3.63, 3.8) is 0 Å². The molecular formula is C14H14N2O5S. The molecule has 0 fully saturated rings. The lowest BCUT2D eigenvalue weighted by atomic mass is 10.2. The van der Waals surface area contributed by atoms with Crippen LogP contribution >= 0.6 is 0 Å². The minimum absolute atomic E-state index is 0.0821. The van der Waals surface area contributed by atoms with Crippen molar-refractivity contribution >= 4 is 21.2 Å². The van der Waals surface area contributed by atoms with Gasteiger partial charge in [-0.15, -0.1) is 0 Å². The van der Waals surface area contributed by atoms with Crippen molar-refractivity contribution in [3.8, 4) is 5.75 Å². The fourth-order valence-corrected chi connectivity index (χ4v) is 2.88. The van der Waals surface area contributed by atoms with E-state index in [2.05, 4.69) is 5.32 Å². The third kappa shape index (κ3) is 3.53. The van der Waals surface area contributed by atoms with Crippen LogP contribution in [0.25, 0.3) is 0 Å². The third-order valence-corrected chi connectivity index (χ3v) is 4.10. The highest BCUT2D eigenvalue weighted by Crippen LogP contribution is 2.32. The molecule has 2 aromatic rings. The van der Waals surface area contributed by atoms with E-state index in [0.717, 1.165) is 6.26 Å². The minimum atomic E-state index is -3.71. The van der Waals surface area contributed by atoms with E-state index >= 15 is 0 Å². The SMILES string of the molecule is CS(=O)(=O)c1cccc(NCc2cccc(O)c2)c1[N+](=O)[O-]. The zero-order valence-electron chi connectivity index (χ0n) is 11.7. The highest BCUT2D eigenvalue weighted by molar-refractivity contribution is 7.90. The van der Waals surface area contributed by atoms with Crippen LogP contribution in [-0.2, 0) is 16.4 Å². The number of phenolic OH excluding ortho intramolecular Hbond substituents is 1.